The maximum absolute atomic E-state index is 11.3. The molecule has 1 aliphatic heterocycles. The Balaban J connectivity index is 1.44. The number of carbonyl (C=O) groups is 1. The van der Waals surface area contributed by atoms with Crippen LogP contribution in [0.4, 0.5) is 5.69 Å². The van der Waals surface area contributed by atoms with Gasteiger partial charge in [0.1, 0.15) is 12.4 Å². The zero-order valence-electron chi connectivity index (χ0n) is 12.6. The molecule has 6 heteroatoms. The Morgan fingerprint density at radius 2 is 2.32 bits per heavy atom. The standard InChI is InChI=1S/C16H20N4O2/c1-20-11-18-10-13(20)9-17-6-7-22-14-3-4-15-12(8-14)2-5-16(21)19-15/h3-4,8,10-11,17H,2,5-7,9H2,1H3,(H,19,21). The Kier molecular flexibility index (Phi) is 4.39. The molecule has 6 nitrogen and oxygen atoms in total. The van der Waals surface area contributed by atoms with Crippen molar-refractivity contribution in [1.82, 2.24) is 14.9 Å². The van der Waals surface area contributed by atoms with Gasteiger partial charge in [0.2, 0.25) is 5.91 Å². The van der Waals surface area contributed by atoms with Gasteiger partial charge in [-0.1, -0.05) is 0 Å². The maximum Gasteiger partial charge on any atom is 0.224 e. The van der Waals surface area contributed by atoms with E-state index >= 15 is 0 Å². The van der Waals surface area contributed by atoms with Gasteiger partial charge in [0.25, 0.3) is 0 Å². The van der Waals surface area contributed by atoms with Crippen LogP contribution in [0.1, 0.15) is 17.7 Å². The monoisotopic (exact) mass is 300 g/mol. The molecule has 116 valence electrons. The third kappa shape index (κ3) is 3.46. The van der Waals surface area contributed by atoms with Crippen LogP contribution < -0.4 is 15.4 Å². The topological polar surface area (TPSA) is 68.2 Å². The molecule has 0 unspecified atom stereocenters. The number of imidazole rings is 1. The van der Waals surface area contributed by atoms with E-state index in [-0.39, 0.29) is 5.91 Å². The van der Waals surface area contributed by atoms with E-state index < -0.39 is 0 Å². The number of fused-ring (bicyclic) bond motifs is 1. The number of nitrogens with one attached hydrogen (secondary N) is 2. The molecule has 0 radical (unpaired) electrons. The molecular weight excluding hydrogens is 280 g/mol. The second kappa shape index (κ2) is 6.62. The molecule has 1 aromatic carbocycles. The lowest BCUT2D eigenvalue weighted by molar-refractivity contribution is -0.116. The number of hydrogen-bond acceptors (Lipinski definition) is 4. The molecule has 0 saturated carbocycles. The first-order valence-corrected chi connectivity index (χ1v) is 7.44. The van der Waals surface area contributed by atoms with E-state index in [2.05, 4.69) is 15.6 Å². The molecule has 0 fully saturated rings. The number of amides is 1. The minimum absolute atomic E-state index is 0.0838. The van der Waals surface area contributed by atoms with Crippen LogP contribution in [-0.2, 0) is 24.8 Å². The fourth-order valence-electron chi connectivity index (χ4n) is 2.46. The van der Waals surface area contributed by atoms with Gasteiger partial charge in [0.05, 0.1) is 12.0 Å². The Bertz CT molecular complexity index is 666. The minimum Gasteiger partial charge on any atom is -0.492 e. The second-order valence-corrected chi connectivity index (χ2v) is 5.39. The smallest absolute Gasteiger partial charge is 0.224 e. The summed E-state index contributed by atoms with van der Waals surface area (Å²) in [5.74, 6) is 0.928. The molecule has 1 aliphatic rings. The van der Waals surface area contributed by atoms with Gasteiger partial charge in [-0.2, -0.15) is 0 Å². The van der Waals surface area contributed by atoms with E-state index in [9.17, 15) is 4.79 Å². The Morgan fingerprint density at radius 3 is 3.14 bits per heavy atom. The summed E-state index contributed by atoms with van der Waals surface area (Å²) >= 11 is 0. The van der Waals surface area contributed by atoms with Crippen LogP contribution >= 0.6 is 0 Å². The lowest BCUT2D eigenvalue weighted by atomic mass is 10.0. The van der Waals surface area contributed by atoms with Crippen LogP contribution in [0.5, 0.6) is 5.75 Å². The van der Waals surface area contributed by atoms with Gasteiger partial charge in [-0.15, -0.1) is 0 Å². The fourth-order valence-corrected chi connectivity index (χ4v) is 2.46. The molecule has 1 amide bonds. The van der Waals surface area contributed by atoms with Gasteiger partial charge >= 0.3 is 0 Å². The highest BCUT2D eigenvalue weighted by atomic mass is 16.5. The molecule has 2 N–H and O–H groups in total. The van der Waals surface area contributed by atoms with E-state index in [4.69, 9.17) is 4.74 Å². The molecule has 0 spiro atoms. The Labute approximate surface area is 129 Å². The van der Waals surface area contributed by atoms with Gasteiger partial charge in [-0.05, 0) is 30.2 Å². The van der Waals surface area contributed by atoms with Crippen molar-refractivity contribution in [2.75, 3.05) is 18.5 Å². The Hall–Kier alpha value is -2.34. The first-order chi connectivity index (χ1) is 10.7. The summed E-state index contributed by atoms with van der Waals surface area (Å²) in [6, 6.07) is 5.81. The van der Waals surface area contributed by atoms with Crippen LogP contribution in [0, 0.1) is 0 Å². The van der Waals surface area contributed by atoms with Crippen molar-refractivity contribution in [2.24, 2.45) is 7.05 Å². The lowest BCUT2D eigenvalue weighted by Crippen LogP contribution is -2.22. The van der Waals surface area contributed by atoms with Gasteiger partial charge < -0.3 is 19.9 Å². The SMILES string of the molecule is Cn1cncc1CNCCOc1ccc2c(c1)CCC(=O)N2. The highest BCUT2D eigenvalue weighted by Crippen LogP contribution is 2.26. The zero-order valence-corrected chi connectivity index (χ0v) is 12.6. The quantitative estimate of drug-likeness (QED) is 0.793. The summed E-state index contributed by atoms with van der Waals surface area (Å²) in [7, 11) is 1.98. The van der Waals surface area contributed by atoms with Crippen LogP contribution in [0.25, 0.3) is 0 Å². The van der Waals surface area contributed by atoms with Crippen LogP contribution in [0.2, 0.25) is 0 Å². The van der Waals surface area contributed by atoms with Crippen LogP contribution in [-0.4, -0.2) is 28.6 Å². The number of aromatic nitrogens is 2. The van der Waals surface area contributed by atoms with Crippen molar-refractivity contribution in [2.45, 2.75) is 19.4 Å². The third-order valence-corrected chi connectivity index (χ3v) is 3.74. The molecule has 1 aromatic heterocycles. The van der Waals surface area contributed by atoms with Gasteiger partial charge in [-0.25, -0.2) is 4.98 Å². The highest BCUT2D eigenvalue weighted by molar-refractivity contribution is 5.93. The summed E-state index contributed by atoms with van der Waals surface area (Å²) in [5, 5.41) is 6.19. The maximum atomic E-state index is 11.3. The zero-order chi connectivity index (χ0) is 15.4. The number of rotatable bonds is 6. The predicted octanol–water partition coefficient (Wildman–Crippen LogP) is 1.47. The van der Waals surface area contributed by atoms with Gasteiger partial charge in [-0.3, -0.25) is 4.79 Å². The molecule has 0 aliphatic carbocycles. The molecule has 0 bridgehead atoms. The summed E-state index contributed by atoms with van der Waals surface area (Å²) in [6.45, 7) is 2.14. The van der Waals surface area contributed by atoms with E-state index in [1.807, 2.05) is 36.0 Å². The van der Waals surface area contributed by atoms with E-state index in [0.717, 1.165) is 42.2 Å². The highest BCUT2D eigenvalue weighted by Gasteiger charge is 2.14. The summed E-state index contributed by atoms with van der Waals surface area (Å²) in [5.41, 5.74) is 3.18. The average molecular weight is 300 g/mol. The molecule has 0 atom stereocenters. The van der Waals surface area contributed by atoms with E-state index in [1.54, 1.807) is 6.33 Å². The van der Waals surface area contributed by atoms with Crippen molar-refractivity contribution < 1.29 is 9.53 Å². The molecule has 22 heavy (non-hydrogen) atoms. The normalized spacial score (nSPS) is 13.6. The van der Waals surface area contributed by atoms with Crippen LogP contribution in [0.15, 0.2) is 30.7 Å². The van der Waals surface area contributed by atoms with Crippen molar-refractivity contribution >= 4 is 11.6 Å². The molecular formula is C16H20N4O2. The number of nitrogens with zero attached hydrogens (tertiary/aromatic N) is 2. The average Bonchev–Trinajstić information content (AvgIpc) is 2.92. The van der Waals surface area contributed by atoms with Crippen molar-refractivity contribution in [3.05, 3.63) is 42.0 Å². The number of benzene rings is 1. The molecule has 2 heterocycles. The van der Waals surface area contributed by atoms with Gasteiger partial charge in [0, 0.05) is 38.4 Å². The summed E-state index contributed by atoms with van der Waals surface area (Å²) in [4.78, 5) is 15.4. The number of hydrogen-bond donors (Lipinski definition) is 2. The predicted molar refractivity (Wildman–Crippen MR) is 83.8 cm³/mol. The largest absolute Gasteiger partial charge is 0.492 e. The Morgan fingerprint density at radius 1 is 1.41 bits per heavy atom. The summed E-state index contributed by atoms with van der Waals surface area (Å²) < 4.78 is 7.74. The van der Waals surface area contributed by atoms with Crippen molar-refractivity contribution in [3.63, 3.8) is 0 Å². The first-order valence-electron chi connectivity index (χ1n) is 7.44. The number of anilines is 1. The molecule has 2 aromatic rings. The first kappa shape index (κ1) is 14.6. The third-order valence-electron chi connectivity index (χ3n) is 3.74. The molecule has 3 rings (SSSR count). The lowest BCUT2D eigenvalue weighted by Gasteiger charge is -2.17. The summed E-state index contributed by atoms with van der Waals surface area (Å²) in [6.07, 6.45) is 4.96. The van der Waals surface area contributed by atoms with Gasteiger partial charge in [0.15, 0.2) is 0 Å². The number of carbonyl (C=O) groups excluding carboxylic acids is 1. The van der Waals surface area contributed by atoms with E-state index in [0.29, 0.717) is 13.0 Å². The number of aryl methyl sites for hydroxylation is 2. The van der Waals surface area contributed by atoms with Crippen LogP contribution in [0.3, 0.4) is 0 Å². The fraction of sp³-hybridized carbons (Fsp3) is 0.375. The number of ether oxygens (including phenoxy) is 1. The molecule has 0 saturated heterocycles. The minimum atomic E-state index is 0.0838. The van der Waals surface area contributed by atoms with Crippen molar-refractivity contribution in [1.29, 1.82) is 0 Å². The second-order valence-electron chi connectivity index (χ2n) is 5.39. The van der Waals surface area contributed by atoms with E-state index in [1.165, 1.54) is 0 Å². The van der Waals surface area contributed by atoms with Crippen molar-refractivity contribution in [3.8, 4) is 5.75 Å².